The molecular weight excluding hydrogens is 377 g/mol. The summed E-state index contributed by atoms with van der Waals surface area (Å²) in [6.45, 7) is 1.50. The molecule has 5 nitrogen and oxygen atoms in total. The van der Waals surface area contributed by atoms with Gasteiger partial charge in [-0.15, -0.1) is 22.0 Å². The number of fused-ring (bicyclic) bond motifs is 3. The van der Waals surface area contributed by atoms with Crippen molar-refractivity contribution in [1.82, 2.24) is 19.6 Å². The maximum Gasteiger partial charge on any atom is 0.452 e. The average Bonchev–Trinajstić information content (AvgIpc) is 2.97. The molecule has 2 aromatic heterocycles. The van der Waals surface area contributed by atoms with Crippen LogP contribution in [0, 0.1) is 0 Å². The lowest BCUT2D eigenvalue weighted by atomic mass is 10.3. The van der Waals surface area contributed by atoms with Crippen LogP contribution in [0.5, 0.6) is 0 Å². The number of Topliss-reactive ketones (excluding diaryl/α,β-unsaturated/α-hetero) is 1. The van der Waals surface area contributed by atoms with Crippen LogP contribution in [0.15, 0.2) is 23.2 Å². The van der Waals surface area contributed by atoms with Gasteiger partial charge in [-0.2, -0.15) is 13.2 Å². The molecule has 0 amide bonds. The van der Waals surface area contributed by atoms with Gasteiger partial charge in [-0.1, -0.05) is 11.6 Å². The van der Waals surface area contributed by atoms with Crippen molar-refractivity contribution in [2.75, 3.05) is 5.75 Å². The summed E-state index contributed by atoms with van der Waals surface area (Å²) in [6.07, 6.45) is -3.65. The Bertz CT molecular complexity index is 957. The molecule has 0 saturated heterocycles. The van der Waals surface area contributed by atoms with Gasteiger partial charge in [-0.3, -0.25) is 4.40 Å². The smallest absolute Gasteiger partial charge is 0.300 e. The largest absolute Gasteiger partial charge is 0.452 e. The summed E-state index contributed by atoms with van der Waals surface area (Å²) >= 11 is 7.17. The molecule has 0 aliphatic rings. The Kier molecular flexibility index (Phi) is 4.88. The second-order valence-corrected chi connectivity index (χ2v) is 6.90. The molecule has 0 radical (unpaired) electrons. The Hall–Kier alpha value is -1.87. The second kappa shape index (κ2) is 6.80. The summed E-state index contributed by atoms with van der Waals surface area (Å²) in [4.78, 5) is 15.4. The highest BCUT2D eigenvalue weighted by molar-refractivity contribution is 7.99. The average molecular weight is 389 g/mol. The molecule has 3 rings (SSSR count). The highest BCUT2D eigenvalue weighted by atomic mass is 35.5. The highest BCUT2D eigenvalue weighted by Crippen LogP contribution is 2.33. The number of carbonyl (C=O) groups is 1. The predicted octanol–water partition coefficient (Wildman–Crippen LogP) is 4.41. The van der Waals surface area contributed by atoms with Gasteiger partial charge in [0, 0.05) is 17.2 Å². The van der Waals surface area contributed by atoms with E-state index in [1.807, 2.05) is 0 Å². The van der Waals surface area contributed by atoms with E-state index in [0.29, 0.717) is 34.2 Å². The minimum absolute atomic E-state index is 0.0231. The molecule has 0 saturated carbocycles. The number of hydrogen-bond donors (Lipinski definition) is 0. The monoisotopic (exact) mass is 388 g/mol. The van der Waals surface area contributed by atoms with Crippen LogP contribution in [0.4, 0.5) is 13.2 Å². The van der Waals surface area contributed by atoms with Crippen molar-refractivity contribution < 1.29 is 18.0 Å². The lowest BCUT2D eigenvalue weighted by Crippen LogP contribution is -2.11. The molecule has 25 heavy (non-hydrogen) atoms. The third-order valence-corrected chi connectivity index (χ3v) is 4.70. The number of rotatable bonds is 5. The van der Waals surface area contributed by atoms with Gasteiger partial charge in [0.1, 0.15) is 10.8 Å². The van der Waals surface area contributed by atoms with Crippen molar-refractivity contribution in [2.24, 2.45) is 0 Å². The zero-order valence-corrected chi connectivity index (χ0v) is 14.5. The summed E-state index contributed by atoms with van der Waals surface area (Å²) in [5.41, 5.74) is 0.569. The standard InChI is InChI=1S/C15H12ClF3N4OS/c1-8(24)3-2-6-25-13-12-21-22-14(15(17,18)19)23(12)11-7-9(16)4-5-10(11)20-13/h4-5,7H,2-3,6H2,1H3. The van der Waals surface area contributed by atoms with Gasteiger partial charge in [-0.05, 0) is 31.5 Å². The quantitative estimate of drug-likeness (QED) is 0.478. The van der Waals surface area contributed by atoms with Crippen molar-refractivity contribution in [3.8, 4) is 0 Å². The molecule has 2 heterocycles. The first kappa shape index (κ1) is 17.9. The van der Waals surface area contributed by atoms with Crippen LogP contribution >= 0.6 is 23.4 Å². The van der Waals surface area contributed by atoms with Crippen molar-refractivity contribution in [3.63, 3.8) is 0 Å². The van der Waals surface area contributed by atoms with E-state index in [1.165, 1.54) is 24.8 Å². The zero-order valence-electron chi connectivity index (χ0n) is 13.0. The number of carbonyl (C=O) groups excluding carboxylic acids is 1. The van der Waals surface area contributed by atoms with Gasteiger partial charge in [-0.25, -0.2) is 4.98 Å². The molecule has 0 atom stereocenters. The van der Waals surface area contributed by atoms with Crippen LogP contribution < -0.4 is 0 Å². The molecule has 0 bridgehead atoms. The van der Waals surface area contributed by atoms with Gasteiger partial charge < -0.3 is 4.79 Å². The molecule has 1 aromatic carbocycles. The fourth-order valence-electron chi connectivity index (χ4n) is 2.35. The van der Waals surface area contributed by atoms with Gasteiger partial charge in [0.2, 0.25) is 5.82 Å². The van der Waals surface area contributed by atoms with Crippen LogP contribution in [-0.2, 0) is 11.0 Å². The van der Waals surface area contributed by atoms with Gasteiger partial charge in [0.15, 0.2) is 5.65 Å². The predicted molar refractivity (Wildman–Crippen MR) is 88.9 cm³/mol. The Morgan fingerprint density at radius 1 is 1.32 bits per heavy atom. The topological polar surface area (TPSA) is 60.2 Å². The number of nitrogens with zero attached hydrogens (tertiary/aromatic N) is 4. The van der Waals surface area contributed by atoms with E-state index in [4.69, 9.17) is 11.6 Å². The van der Waals surface area contributed by atoms with Crippen LogP contribution in [0.1, 0.15) is 25.6 Å². The Labute approximate surface area is 149 Å². The lowest BCUT2D eigenvalue weighted by molar-refractivity contribution is -0.145. The third-order valence-electron chi connectivity index (χ3n) is 3.42. The summed E-state index contributed by atoms with van der Waals surface area (Å²) in [5, 5.41) is 7.60. The molecule has 0 fully saturated rings. The SMILES string of the molecule is CC(=O)CCCSc1nc2ccc(Cl)cc2n2c(C(F)(F)F)nnc12. The number of hydrogen-bond acceptors (Lipinski definition) is 5. The highest BCUT2D eigenvalue weighted by Gasteiger charge is 2.38. The lowest BCUT2D eigenvalue weighted by Gasteiger charge is -2.10. The molecule has 132 valence electrons. The van der Waals surface area contributed by atoms with Crippen LogP contribution in [0.3, 0.4) is 0 Å². The molecule has 10 heteroatoms. The van der Waals surface area contributed by atoms with E-state index >= 15 is 0 Å². The number of halogens is 4. The minimum atomic E-state index is -4.66. The summed E-state index contributed by atoms with van der Waals surface area (Å²) in [6, 6.07) is 4.51. The number of benzene rings is 1. The molecule has 0 aliphatic carbocycles. The normalized spacial score (nSPS) is 12.2. The second-order valence-electron chi connectivity index (χ2n) is 5.38. The molecule has 0 spiro atoms. The maximum absolute atomic E-state index is 13.3. The van der Waals surface area contributed by atoms with Gasteiger partial charge in [0.05, 0.1) is 11.0 Å². The molecular formula is C15H12ClF3N4OS. The van der Waals surface area contributed by atoms with Crippen molar-refractivity contribution in [2.45, 2.75) is 31.0 Å². The molecule has 0 N–H and O–H groups in total. The Morgan fingerprint density at radius 3 is 2.76 bits per heavy atom. The van der Waals surface area contributed by atoms with Crippen LogP contribution in [0.2, 0.25) is 5.02 Å². The van der Waals surface area contributed by atoms with Crippen LogP contribution in [0.25, 0.3) is 16.7 Å². The minimum Gasteiger partial charge on any atom is -0.300 e. The molecule has 0 unspecified atom stereocenters. The Morgan fingerprint density at radius 2 is 2.08 bits per heavy atom. The van der Waals surface area contributed by atoms with E-state index < -0.39 is 12.0 Å². The number of aromatic nitrogens is 4. The van der Waals surface area contributed by atoms with E-state index in [0.717, 1.165) is 4.40 Å². The first-order chi connectivity index (χ1) is 11.8. The fraction of sp³-hybridized carbons (Fsp3) is 0.333. The van der Waals surface area contributed by atoms with E-state index in [2.05, 4.69) is 15.2 Å². The number of thioether (sulfide) groups is 1. The first-order valence-electron chi connectivity index (χ1n) is 7.31. The van der Waals surface area contributed by atoms with E-state index in [-0.39, 0.29) is 16.9 Å². The van der Waals surface area contributed by atoms with Crippen molar-refractivity contribution >= 4 is 45.8 Å². The Balaban J connectivity index is 2.12. The van der Waals surface area contributed by atoms with E-state index in [9.17, 15) is 18.0 Å². The molecule has 3 aromatic rings. The third kappa shape index (κ3) is 3.72. The number of ketones is 1. The van der Waals surface area contributed by atoms with Crippen LogP contribution in [-0.4, -0.2) is 31.1 Å². The summed E-state index contributed by atoms with van der Waals surface area (Å²) in [7, 11) is 0. The zero-order chi connectivity index (χ0) is 18.2. The first-order valence-corrected chi connectivity index (χ1v) is 8.67. The summed E-state index contributed by atoms with van der Waals surface area (Å²) < 4.78 is 40.8. The van der Waals surface area contributed by atoms with E-state index in [1.54, 1.807) is 12.1 Å². The maximum atomic E-state index is 13.3. The number of alkyl halides is 3. The van der Waals surface area contributed by atoms with Crippen molar-refractivity contribution in [1.29, 1.82) is 0 Å². The fourth-order valence-corrected chi connectivity index (χ4v) is 3.42. The van der Waals surface area contributed by atoms with Crippen molar-refractivity contribution in [3.05, 3.63) is 29.0 Å². The van der Waals surface area contributed by atoms with Gasteiger partial charge >= 0.3 is 6.18 Å². The summed E-state index contributed by atoms with van der Waals surface area (Å²) in [5.74, 6) is -0.522. The van der Waals surface area contributed by atoms with Gasteiger partial charge in [0.25, 0.3) is 0 Å². The molecule has 0 aliphatic heterocycles.